The van der Waals surface area contributed by atoms with Crippen LogP contribution in [-0.4, -0.2) is 24.3 Å². The summed E-state index contributed by atoms with van der Waals surface area (Å²) in [5, 5.41) is 7.96. The highest BCUT2D eigenvalue weighted by Gasteiger charge is 2.15. The summed E-state index contributed by atoms with van der Waals surface area (Å²) in [6, 6.07) is 19.0. The molecular formula is C25H24FN3O4. The molecule has 0 radical (unpaired) electrons. The van der Waals surface area contributed by atoms with E-state index in [1.165, 1.54) is 18.2 Å². The third-order valence-electron chi connectivity index (χ3n) is 4.57. The van der Waals surface area contributed by atoms with Gasteiger partial charge in [0.1, 0.15) is 11.6 Å². The third kappa shape index (κ3) is 6.64. The standard InChI is InChI=1S/C25H24FN3O4/c1-16(2)24(31)27-17-11-13-18(14-12-17)28-25(32)19-7-3-6-10-22(19)33-15-23(30)29-21-9-5-4-8-20(21)26/h3-14,16H,15H2,1-2H3,(H,27,31)(H,28,32)(H,29,30). The molecule has 3 rings (SSSR count). The van der Waals surface area contributed by atoms with Gasteiger partial charge in [-0.2, -0.15) is 0 Å². The number of anilines is 3. The lowest BCUT2D eigenvalue weighted by Gasteiger charge is -2.13. The van der Waals surface area contributed by atoms with Crippen LogP contribution >= 0.6 is 0 Å². The van der Waals surface area contributed by atoms with E-state index in [1.807, 2.05) is 0 Å². The van der Waals surface area contributed by atoms with Crippen LogP contribution < -0.4 is 20.7 Å². The van der Waals surface area contributed by atoms with E-state index in [0.717, 1.165) is 0 Å². The van der Waals surface area contributed by atoms with Crippen LogP contribution in [0.5, 0.6) is 5.75 Å². The molecule has 0 saturated carbocycles. The summed E-state index contributed by atoms with van der Waals surface area (Å²) in [6.07, 6.45) is 0. The average Bonchev–Trinajstić information content (AvgIpc) is 2.80. The number of ether oxygens (including phenoxy) is 1. The van der Waals surface area contributed by atoms with Crippen LogP contribution in [0.2, 0.25) is 0 Å². The third-order valence-corrected chi connectivity index (χ3v) is 4.57. The first-order chi connectivity index (χ1) is 15.8. The Morgan fingerprint density at radius 2 is 1.42 bits per heavy atom. The SMILES string of the molecule is CC(C)C(=O)Nc1ccc(NC(=O)c2ccccc2OCC(=O)Nc2ccccc2F)cc1. The van der Waals surface area contributed by atoms with E-state index in [1.54, 1.807) is 68.4 Å². The van der Waals surface area contributed by atoms with Crippen LogP contribution in [-0.2, 0) is 9.59 Å². The van der Waals surface area contributed by atoms with Crippen LogP contribution in [0.4, 0.5) is 21.5 Å². The van der Waals surface area contributed by atoms with Gasteiger partial charge in [-0.25, -0.2) is 4.39 Å². The number of carbonyl (C=O) groups is 3. The Labute approximate surface area is 191 Å². The molecule has 3 amide bonds. The number of benzene rings is 3. The summed E-state index contributed by atoms with van der Waals surface area (Å²) < 4.78 is 19.2. The van der Waals surface area contributed by atoms with Gasteiger partial charge < -0.3 is 20.7 Å². The second-order valence-corrected chi connectivity index (χ2v) is 7.49. The Morgan fingerprint density at radius 1 is 0.818 bits per heavy atom. The van der Waals surface area contributed by atoms with Gasteiger partial charge in [0, 0.05) is 17.3 Å². The lowest BCUT2D eigenvalue weighted by atomic mass is 10.1. The fraction of sp³-hybridized carbons (Fsp3) is 0.160. The minimum Gasteiger partial charge on any atom is -0.483 e. The quantitative estimate of drug-likeness (QED) is 0.465. The molecule has 0 fully saturated rings. The smallest absolute Gasteiger partial charge is 0.262 e. The summed E-state index contributed by atoms with van der Waals surface area (Å²) in [5.41, 5.74) is 1.42. The molecule has 8 heteroatoms. The van der Waals surface area contributed by atoms with Gasteiger partial charge in [0.2, 0.25) is 5.91 Å². The first-order valence-corrected chi connectivity index (χ1v) is 10.3. The molecule has 3 aromatic rings. The van der Waals surface area contributed by atoms with Crippen molar-refractivity contribution in [1.29, 1.82) is 0 Å². The molecule has 0 heterocycles. The van der Waals surface area contributed by atoms with Crippen molar-refractivity contribution in [1.82, 2.24) is 0 Å². The molecule has 0 spiro atoms. The number of para-hydroxylation sites is 2. The maximum Gasteiger partial charge on any atom is 0.262 e. The number of hydrogen-bond donors (Lipinski definition) is 3. The molecule has 170 valence electrons. The van der Waals surface area contributed by atoms with E-state index in [4.69, 9.17) is 4.74 Å². The van der Waals surface area contributed by atoms with Crippen molar-refractivity contribution in [3.63, 3.8) is 0 Å². The number of rotatable bonds is 8. The maximum atomic E-state index is 13.7. The van der Waals surface area contributed by atoms with Crippen LogP contribution in [0.15, 0.2) is 72.8 Å². The van der Waals surface area contributed by atoms with Crippen molar-refractivity contribution in [2.45, 2.75) is 13.8 Å². The molecule has 0 aliphatic carbocycles. The zero-order valence-electron chi connectivity index (χ0n) is 18.2. The first kappa shape index (κ1) is 23.5. The minimum absolute atomic E-state index is 0.0464. The van der Waals surface area contributed by atoms with Gasteiger partial charge in [0.15, 0.2) is 6.61 Å². The minimum atomic E-state index is -0.561. The van der Waals surface area contributed by atoms with Crippen molar-refractivity contribution < 1.29 is 23.5 Å². The van der Waals surface area contributed by atoms with Crippen molar-refractivity contribution >= 4 is 34.8 Å². The Kier molecular flexibility index (Phi) is 7.75. The van der Waals surface area contributed by atoms with E-state index >= 15 is 0 Å². The summed E-state index contributed by atoms with van der Waals surface area (Å²) in [7, 11) is 0. The molecule has 0 aliphatic heterocycles. The second-order valence-electron chi connectivity index (χ2n) is 7.49. The van der Waals surface area contributed by atoms with Gasteiger partial charge in [-0.05, 0) is 48.5 Å². The number of carbonyl (C=O) groups excluding carboxylic acids is 3. The summed E-state index contributed by atoms with van der Waals surface area (Å²) in [6.45, 7) is 3.20. The molecule has 3 aromatic carbocycles. The number of amides is 3. The molecular weight excluding hydrogens is 425 g/mol. The van der Waals surface area contributed by atoms with Gasteiger partial charge >= 0.3 is 0 Å². The fourth-order valence-corrected chi connectivity index (χ4v) is 2.79. The van der Waals surface area contributed by atoms with Crippen LogP contribution in [0.25, 0.3) is 0 Å². The Morgan fingerprint density at radius 3 is 2.09 bits per heavy atom. The molecule has 7 nitrogen and oxygen atoms in total. The first-order valence-electron chi connectivity index (χ1n) is 10.3. The van der Waals surface area contributed by atoms with Gasteiger partial charge in [0.05, 0.1) is 11.3 Å². The van der Waals surface area contributed by atoms with E-state index in [-0.39, 0.29) is 28.8 Å². The molecule has 0 atom stereocenters. The Balaban J connectivity index is 1.61. The summed E-state index contributed by atoms with van der Waals surface area (Å²) in [4.78, 5) is 36.7. The lowest BCUT2D eigenvalue weighted by Crippen LogP contribution is -2.22. The average molecular weight is 449 g/mol. The van der Waals surface area contributed by atoms with E-state index < -0.39 is 24.2 Å². The zero-order chi connectivity index (χ0) is 23.8. The van der Waals surface area contributed by atoms with Gasteiger partial charge in [-0.15, -0.1) is 0 Å². The lowest BCUT2D eigenvalue weighted by molar-refractivity contribution is -0.119. The number of hydrogen-bond acceptors (Lipinski definition) is 4. The summed E-state index contributed by atoms with van der Waals surface area (Å²) >= 11 is 0. The van der Waals surface area contributed by atoms with Gasteiger partial charge in [-0.1, -0.05) is 38.1 Å². The highest BCUT2D eigenvalue weighted by molar-refractivity contribution is 6.06. The fourth-order valence-electron chi connectivity index (χ4n) is 2.79. The van der Waals surface area contributed by atoms with Crippen molar-refractivity contribution in [2.75, 3.05) is 22.6 Å². The highest BCUT2D eigenvalue weighted by Crippen LogP contribution is 2.21. The van der Waals surface area contributed by atoms with Gasteiger partial charge in [0.25, 0.3) is 11.8 Å². The van der Waals surface area contributed by atoms with Crippen LogP contribution in [0.1, 0.15) is 24.2 Å². The monoisotopic (exact) mass is 449 g/mol. The van der Waals surface area contributed by atoms with Crippen molar-refractivity contribution in [3.8, 4) is 5.75 Å². The van der Waals surface area contributed by atoms with E-state index in [9.17, 15) is 18.8 Å². The summed E-state index contributed by atoms with van der Waals surface area (Å²) in [5.74, 6) is -1.58. The normalized spacial score (nSPS) is 10.4. The topological polar surface area (TPSA) is 96.5 Å². The number of halogens is 1. The Hall–Kier alpha value is -4.20. The highest BCUT2D eigenvalue weighted by atomic mass is 19.1. The number of nitrogens with one attached hydrogen (secondary N) is 3. The molecule has 0 aliphatic rings. The van der Waals surface area contributed by atoms with Crippen molar-refractivity contribution in [3.05, 3.63) is 84.2 Å². The molecule has 33 heavy (non-hydrogen) atoms. The zero-order valence-corrected chi connectivity index (χ0v) is 18.2. The predicted octanol–water partition coefficient (Wildman–Crippen LogP) is 4.69. The Bertz CT molecular complexity index is 1150. The second kappa shape index (κ2) is 10.9. The van der Waals surface area contributed by atoms with E-state index in [2.05, 4.69) is 16.0 Å². The van der Waals surface area contributed by atoms with Crippen LogP contribution in [0, 0.1) is 11.7 Å². The maximum absolute atomic E-state index is 13.7. The van der Waals surface area contributed by atoms with Crippen LogP contribution in [0.3, 0.4) is 0 Å². The van der Waals surface area contributed by atoms with Gasteiger partial charge in [-0.3, -0.25) is 14.4 Å². The molecule has 0 bridgehead atoms. The van der Waals surface area contributed by atoms with Crippen molar-refractivity contribution in [2.24, 2.45) is 5.92 Å². The molecule has 0 aromatic heterocycles. The largest absolute Gasteiger partial charge is 0.483 e. The predicted molar refractivity (Wildman–Crippen MR) is 125 cm³/mol. The molecule has 0 saturated heterocycles. The molecule has 0 unspecified atom stereocenters. The van der Waals surface area contributed by atoms with E-state index in [0.29, 0.717) is 11.4 Å². The molecule has 3 N–H and O–H groups in total.